The van der Waals surface area contributed by atoms with Crippen LogP contribution in [0.25, 0.3) is 11.0 Å². The highest BCUT2D eigenvalue weighted by Crippen LogP contribution is 2.35. The van der Waals surface area contributed by atoms with Gasteiger partial charge >= 0.3 is 0 Å². The highest BCUT2D eigenvalue weighted by molar-refractivity contribution is 5.78. The zero-order valence-corrected chi connectivity index (χ0v) is 10.7. The van der Waals surface area contributed by atoms with Gasteiger partial charge in [-0.25, -0.2) is 8.78 Å². The number of hydrogen-bond donors (Lipinski definition) is 1. The van der Waals surface area contributed by atoms with Gasteiger partial charge in [0.05, 0.1) is 0 Å². The van der Waals surface area contributed by atoms with Crippen LogP contribution >= 0.6 is 0 Å². The number of hydrogen-bond acceptors (Lipinski definition) is 2. The Labute approximate surface area is 114 Å². The maximum absolute atomic E-state index is 13.8. The summed E-state index contributed by atoms with van der Waals surface area (Å²) in [6.45, 7) is 1.42. The second-order valence-electron chi connectivity index (χ2n) is 4.82. The number of furan rings is 1. The lowest BCUT2D eigenvalue weighted by molar-refractivity contribution is 0.0746. The van der Waals surface area contributed by atoms with Crippen LogP contribution in [0.4, 0.5) is 8.78 Å². The van der Waals surface area contributed by atoms with Crippen molar-refractivity contribution in [2.75, 3.05) is 0 Å². The van der Waals surface area contributed by atoms with E-state index in [1.165, 1.54) is 37.3 Å². The van der Waals surface area contributed by atoms with Gasteiger partial charge in [0.15, 0.2) is 11.4 Å². The van der Waals surface area contributed by atoms with Crippen LogP contribution in [0.15, 0.2) is 52.9 Å². The van der Waals surface area contributed by atoms with Gasteiger partial charge in [0.1, 0.15) is 17.2 Å². The summed E-state index contributed by atoms with van der Waals surface area (Å²) in [4.78, 5) is 0. The summed E-state index contributed by atoms with van der Waals surface area (Å²) < 4.78 is 32.8. The lowest BCUT2D eigenvalue weighted by atomic mass is 9.93. The van der Waals surface area contributed by atoms with Gasteiger partial charge in [0.2, 0.25) is 0 Å². The molecule has 1 unspecified atom stereocenters. The van der Waals surface area contributed by atoms with Crippen molar-refractivity contribution < 1.29 is 18.3 Å². The quantitative estimate of drug-likeness (QED) is 0.767. The van der Waals surface area contributed by atoms with E-state index in [1.54, 1.807) is 18.2 Å². The molecule has 4 heteroatoms. The van der Waals surface area contributed by atoms with Crippen molar-refractivity contribution in [2.45, 2.75) is 12.5 Å². The van der Waals surface area contributed by atoms with Gasteiger partial charge in [-0.05, 0) is 25.1 Å². The molecule has 0 aliphatic heterocycles. The maximum atomic E-state index is 13.8. The Hall–Kier alpha value is -2.20. The Balaban J connectivity index is 2.19. The van der Waals surface area contributed by atoms with Crippen LogP contribution in [0.1, 0.15) is 18.2 Å². The predicted molar refractivity (Wildman–Crippen MR) is 71.2 cm³/mol. The highest BCUT2D eigenvalue weighted by atomic mass is 19.1. The lowest BCUT2D eigenvalue weighted by Crippen LogP contribution is -2.23. The number of aliphatic hydroxyl groups is 1. The van der Waals surface area contributed by atoms with Crippen LogP contribution in [-0.2, 0) is 5.60 Å². The number of para-hydroxylation sites is 1. The van der Waals surface area contributed by atoms with Crippen molar-refractivity contribution in [1.29, 1.82) is 0 Å². The van der Waals surface area contributed by atoms with Crippen molar-refractivity contribution in [3.05, 3.63) is 71.5 Å². The fourth-order valence-corrected chi connectivity index (χ4v) is 2.26. The van der Waals surface area contributed by atoms with Crippen molar-refractivity contribution in [3.63, 3.8) is 0 Å². The molecular weight excluding hydrogens is 262 g/mol. The molecular formula is C16H12F2O2. The molecule has 0 saturated carbocycles. The van der Waals surface area contributed by atoms with Crippen LogP contribution in [0, 0.1) is 11.6 Å². The number of benzene rings is 2. The molecule has 0 saturated heterocycles. The third-order valence-electron chi connectivity index (χ3n) is 3.37. The number of rotatable bonds is 2. The van der Waals surface area contributed by atoms with E-state index in [1.807, 2.05) is 0 Å². The van der Waals surface area contributed by atoms with Crippen LogP contribution in [-0.4, -0.2) is 5.11 Å². The molecule has 0 spiro atoms. The summed E-state index contributed by atoms with van der Waals surface area (Å²) in [6.07, 6.45) is 0. The van der Waals surface area contributed by atoms with Gasteiger partial charge in [0, 0.05) is 10.9 Å². The lowest BCUT2D eigenvalue weighted by Gasteiger charge is -2.21. The molecule has 0 aliphatic rings. The highest BCUT2D eigenvalue weighted by Gasteiger charge is 2.32. The molecule has 2 aromatic carbocycles. The van der Waals surface area contributed by atoms with E-state index in [4.69, 9.17) is 4.42 Å². The summed E-state index contributed by atoms with van der Waals surface area (Å²) in [7, 11) is 0. The number of fused-ring (bicyclic) bond motifs is 1. The summed E-state index contributed by atoms with van der Waals surface area (Å²) >= 11 is 0. The fraction of sp³-hybridized carbons (Fsp3) is 0.125. The van der Waals surface area contributed by atoms with E-state index in [0.29, 0.717) is 5.39 Å². The van der Waals surface area contributed by atoms with Gasteiger partial charge in [-0.1, -0.05) is 30.3 Å². The summed E-state index contributed by atoms with van der Waals surface area (Å²) in [6, 6.07) is 11.9. The minimum Gasteiger partial charge on any atom is -0.455 e. The fourth-order valence-electron chi connectivity index (χ4n) is 2.26. The Morgan fingerprint density at radius 1 is 1.00 bits per heavy atom. The molecule has 0 radical (unpaired) electrons. The molecule has 0 bridgehead atoms. The van der Waals surface area contributed by atoms with E-state index in [2.05, 4.69) is 0 Å². The minimum atomic E-state index is -1.67. The first-order valence-corrected chi connectivity index (χ1v) is 6.16. The standard InChI is InChI=1S/C16H12F2O2/c1-16(19,11-6-2-3-7-12(11)17)14-9-10-5-4-8-13(18)15(10)20-14/h2-9,19H,1H3. The molecule has 3 rings (SSSR count). The SMILES string of the molecule is CC(O)(c1cc2cccc(F)c2o1)c1ccccc1F. The van der Waals surface area contributed by atoms with Crippen molar-refractivity contribution >= 4 is 11.0 Å². The van der Waals surface area contributed by atoms with Gasteiger partial charge in [-0.15, -0.1) is 0 Å². The zero-order chi connectivity index (χ0) is 14.3. The second-order valence-corrected chi connectivity index (χ2v) is 4.82. The largest absolute Gasteiger partial charge is 0.455 e. The predicted octanol–water partition coefficient (Wildman–Crippen LogP) is 3.97. The molecule has 1 N–H and O–H groups in total. The van der Waals surface area contributed by atoms with Crippen LogP contribution in [0.5, 0.6) is 0 Å². The smallest absolute Gasteiger partial charge is 0.170 e. The van der Waals surface area contributed by atoms with Gasteiger partial charge in [-0.2, -0.15) is 0 Å². The summed E-state index contributed by atoms with van der Waals surface area (Å²) in [5.74, 6) is -0.959. The van der Waals surface area contributed by atoms with Crippen LogP contribution in [0.2, 0.25) is 0 Å². The van der Waals surface area contributed by atoms with Crippen LogP contribution < -0.4 is 0 Å². The molecule has 1 heterocycles. The van der Waals surface area contributed by atoms with E-state index in [0.717, 1.165) is 0 Å². The summed E-state index contributed by atoms with van der Waals surface area (Å²) in [5.41, 5.74) is -1.53. The van der Waals surface area contributed by atoms with Gasteiger partial charge in [-0.3, -0.25) is 0 Å². The average Bonchev–Trinajstić information content (AvgIpc) is 2.85. The zero-order valence-electron chi connectivity index (χ0n) is 10.7. The molecule has 20 heavy (non-hydrogen) atoms. The Morgan fingerprint density at radius 3 is 2.40 bits per heavy atom. The molecule has 102 valence electrons. The Bertz CT molecular complexity index is 775. The molecule has 1 aromatic heterocycles. The monoisotopic (exact) mass is 274 g/mol. The van der Waals surface area contributed by atoms with Gasteiger partial charge < -0.3 is 9.52 Å². The first-order chi connectivity index (χ1) is 9.50. The van der Waals surface area contributed by atoms with Crippen LogP contribution in [0.3, 0.4) is 0 Å². The first kappa shape index (κ1) is 12.8. The second kappa shape index (κ2) is 4.42. The maximum Gasteiger partial charge on any atom is 0.170 e. The Morgan fingerprint density at radius 2 is 1.70 bits per heavy atom. The average molecular weight is 274 g/mol. The molecule has 0 amide bonds. The minimum absolute atomic E-state index is 0.0547. The molecule has 2 nitrogen and oxygen atoms in total. The molecule has 0 aliphatic carbocycles. The molecule has 3 aromatic rings. The normalized spacial score (nSPS) is 14.4. The van der Waals surface area contributed by atoms with E-state index < -0.39 is 17.2 Å². The van der Waals surface area contributed by atoms with Crippen molar-refractivity contribution in [2.24, 2.45) is 0 Å². The van der Waals surface area contributed by atoms with Crippen molar-refractivity contribution in [3.8, 4) is 0 Å². The molecule has 1 atom stereocenters. The summed E-state index contributed by atoms with van der Waals surface area (Å²) in [5, 5.41) is 11.1. The van der Waals surface area contributed by atoms with Gasteiger partial charge in [0.25, 0.3) is 0 Å². The van der Waals surface area contributed by atoms with E-state index >= 15 is 0 Å². The third kappa shape index (κ3) is 1.89. The third-order valence-corrected chi connectivity index (χ3v) is 3.37. The first-order valence-electron chi connectivity index (χ1n) is 6.16. The Kier molecular flexibility index (Phi) is 2.83. The number of halogens is 2. The van der Waals surface area contributed by atoms with Crippen molar-refractivity contribution in [1.82, 2.24) is 0 Å². The molecule has 0 fully saturated rings. The van der Waals surface area contributed by atoms with E-state index in [9.17, 15) is 13.9 Å². The topological polar surface area (TPSA) is 33.4 Å². The van der Waals surface area contributed by atoms with E-state index in [-0.39, 0.29) is 16.9 Å².